The van der Waals surface area contributed by atoms with Gasteiger partial charge in [0.15, 0.2) is 0 Å². The molecule has 0 radical (unpaired) electrons. The van der Waals surface area contributed by atoms with Crippen molar-refractivity contribution in [2.75, 3.05) is 18.4 Å². The van der Waals surface area contributed by atoms with Crippen LogP contribution in [0.25, 0.3) is 22.3 Å². The molecule has 4 heterocycles. The number of carbonyl (C=O) groups excluding carboxylic acids is 1. The van der Waals surface area contributed by atoms with Crippen LogP contribution in [0.4, 0.5) is 23.4 Å². The predicted octanol–water partition coefficient (Wildman–Crippen LogP) is 3.59. The summed E-state index contributed by atoms with van der Waals surface area (Å²) in [4.78, 5) is 28.4. The number of likely N-dealkylation sites (tertiary alicyclic amines) is 1. The molecule has 0 saturated carbocycles. The lowest BCUT2D eigenvalue weighted by molar-refractivity contribution is -0.172. The van der Waals surface area contributed by atoms with Crippen LogP contribution in [0, 0.1) is 0 Å². The molecule has 0 spiro atoms. The van der Waals surface area contributed by atoms with Crippen molar-refractivity contribution < 1.29 is 22.4 Å². The first kappa shape index (κ1) is 20.3. The highest BCUT2D eigenvalue weighted by atomic mass is 35.5. The van der Waals surface area contributed by atoms with Gasteiger partial charge in [-0.15, -0.1) is 0 Å². The molecule has 2 N–H and O–H groups in total. The number of aromatic amines is 1. The van der Waals surface area contributed by atoms with Gasteiger partial charge in [0.05, 0.1) is 36.2 Å². The van der Waals surface area contributed by atoms with Crippen LogP contribution in [-0.4, -0.2) is 61.7 Å². The van der Waals surface area contributed by atoms with E-state index in [1.165, 1.54) is 25.5 Å². The topological polar surface area (TPSA) is 86.8 Å². The lowest BCUT2D eigenvalue weighted by Crippen LogP contribution is -2.41. The number of hydrogen-bond acceptors (Lipinski definition) is 5. The molecule has 4 rings (SSSR count). The van der Waals surface area contributed by atoms with Crippen LogP contribution in [0.5, 0.6) is 0 Å². The zero-order chi connectivity index (χ0) is 21.7. The van der Waals surface area contributed by atoms with Crippen molar-refractivity contribution in [2.45, 2.75) is 24.8 Å². The summed E-state index contributed by atoms with van der Waals surface area (Å²) in [7, 11) is 0. The number of nitrogens with zero attached hydrogens (tertiary/aromatic N) is 4. The van der Waals surface area contributed by atoms with Crippen molar-refractivity contribution in [3.05, 3.63) is 35.9 Å². The van der Waals surface area contributed by atoms with E-state index in [4.69, 9.17) is 11.6 Å². The second kappa shape index (κ2) is 7.08. The van der Waals surface area contributed by atoms with E-state index in [9.17, 15) is 22.4 Å². The summed E-state index contributed by atoms with van der Waals surface area (Å²) in [5.74, 6) is -9.23. The first-order chi connectivity index (χ1) is 14.1. The van der Waals surface area contributed by atoms with Gasteiger partial charge in [-0.1, -0.05) is 11.6 Å². The first-order valence-corrected chi connectivity index (χ1v) is 9.21. The zero-order valence-corrected chi connectivity index (χ0v) is 16.2. The Balaban J connectivity index is 1.53. The molecule has 1 aliphatic rings. The first-order valence-electron chi connectivity index (χ1n) is 8.83. The Labute approximate surface area is 172 Å². The fourth-order valence-electron chi connectivity index (χ4n) is 3.23. The number of nitrogens with one attached hydrogen (secondary N) is 2. The number of halogens is 5. The van der Waals surface area contributed by atoms with Crippen molar-refractivity contribution in [1.82, 2.24) is 24.8 Å². The summed E-state index contributed by atoms with van der Waals surface area (Å²) in [6.45, 7) is -1.29. The molecule has 1 atom stereocenters. The van der Waals surface area contributed by atoms with Crippen LogP contribution in [-0.2, 0) is 4.79 Å². The highest BCUT2D eigenvalue weighted by Gasteiger charge is 2.64. The monoisotopic (exact) mass is 442 g/mol. The van der Waals surface area contributed by atoms with Crippen LogP contribution < -0.4 is 5.32 Å². The molecule has 0 aliphatic carbocycles. The third kappa shape index (κ3) is 3.53. The minimum absolute atomic E-state index is 0.176. The van der Waals surface area contributed by atoms with Crippen LogP contribution in [0.3, 0.4) is 0 Å². The third-order valence-corrected chi connectivity index (χ3v) is 4.98. The van der Waals surface area contributed by atoms with Crippen molar-refractivity contribution in [1.29, 1.82) is 0 Å². The smallest absolute Gasteiger partial charge is 0.329 e. The number of aromatic nitrogens is 4. The summed E-state index contributed by atoms with van der Waals surface area (Å²) in [5, 5.41) is 3.87. The van der Waals surface area contributed by atoms with Gasteiger partial charge in [0.2, 0.25) is 5.91 Å². The van der Waals surface area contributed by atoms with E-state index in [2.05, 4.69) is 25.3 Å². The van der Waals surface area contributed by atoms with Gasteiger partial charge in [-0.05, 0) is 13.0 Å². The highest BCUT2D eigenvalue weighted by Crippen LogP contribution is 2.41. The molecule has 0 aromatic carbocycles. The van der Waals surface area contributed by atoms with Gasteiger partial charge in [0.1, 0.15) is 17.5 Å². The average Bonchev–Trinajstić information content (AvgIpc) is 3.18. The van der Waals surface area contributed by atoms with Crippen molar-refractivity contribution in [2.24, 2.45) is 0 Å². The van der Waals surface area contributed by atoms with Crippen LogP contribution >= 0.6 is 11.6 Å². The number of H-pyrrole nitrogens is 1. The largest absolute Gasteiger partial charge is 0.357 e. The molecule has 1 amide bonds. The molecule has 3 aromatic heterocycles. The summed E-state index contributed by atoms with van der Waals surface area (Å²) in [6.07, 6.45) is 5.99. The summed E-state index contributed by atoms with van der Waals surface area (Å²) >= 11 is 6.00. The fraction of sp³-hybridized carbons (Fsp3) is 0.333. The Morgan fingerprint density at radius 3 is 2.63 bits per heavy atom. The molecule has 158 valence electrons. The van der Waals surface area contributed by atoms with E-state index in [0.717, 1.165) is 0 Å². The molecule has 3 aromatic rings. The van der Waals surface area contributed by atoms with Gasteiger partial charge >= 0.3 is 11.8 Å². The Kier molecular flexibility index (Phi) is 4.80. The molecule has 30 heavy (non-hydrogen) atoms. The van der Waals surface area contributed by atoms with Gasteiger partial charge in [0, 0.05) is 23.3 Å². The molecule has 0 unspecified atom stereocenters. The van der Waals surface area contributed by atoms with Gasteiger partial charge in [-0.3, -0.25) is 9.78 Å². The van der Waals surface area contributed by atoms with Crippen molar-refractivity contribution >= 4 is 34.4 Å². The second-order valence-corrected chi connectivity index (χ2v) is 7.45. The van der Waals surface area contributed by atoms with Gasteiger partial charge in [-0.2, -0.15) is 17.6 Å². The van der Waals surface area contributed by atoms with E-state index in [-0.39, 0.29) is 5.82 Å². The summed E-state index contributed by atoms with van der Waals surface area (Å²) in [5.41, 5.74) is 1.69. The fourth-order valence-corrected chi connectivity index (χ4v) is 3.39. The molecule has 1 saturated heterocycles. The zero-order valence-electron chi connectivity index (χ0n) is 15.5. The Morgan fingerprint density at radius 1 is 1.23 bits per heavy atom. The SMILES string of the molecule is C[C@H](Nc1cncc(-c2c[nH]c3ncc(Cl)cc23)n1)C(=O)N1CC(F)(F)C(F)(F)C1. The molecule has 1 aliphatic heterocycles. The molecule has 0 bridgehead atoms. The third-order valence-electron chi connectivity index (χ3n) is 4.77. The van der Waals surface area contributed by atoms with Crippen LogP contribution in [0.1, 0.15) is 6.92 Å². The highest BCUT2D eigenvalue weighted by molar-refractivity contribution is 6.31. The lowest BCUT2D eigenvalue weighted by Gasteiger charge is -2.21. The van der Waals surface area contributed by atoms with E-state index < -0.39 is 36.9 Å². The Bertz CT molecular complexity index is 1110. The minimum atomic E-state index is -4.26. The second-order valence-electron chi connectivity index (χ2n) is 7.01. The predicted molar refractivity (Wildman–Crippen MR) is 102 cm³/mol. The van der Waals surface area contributed by atoms with Crippen LogP contribution in [0.2, 0.25) is 5.02 Å². The molecular formula is C18H15ClF4N6O. The van der Waals surface area contributed by atoms with Crippen molar-refractivity contribution in [3.8, 4) is 11.3 Å². The molecule has 1 fully saturated rings. The number of fused-ring (bicyclic) bond motifs is 1. The Hall–Kier alpha value is -2.95. The standard InChI is InChI=1S/C18H15ClF4N6O/c1-9(16(30)29-7-17(20,21)18(22,23)8-29)27-14-6-24-5-13(28-14)12-4-26-15-11(12)2-10(19)3-25-15/h2-6,9H,7-8H2,1H3,(H,25,26)(H,27,28)/t9-/m0/s1. The quantitative estimate of drug-likeness (QED) is 0.603. The van der Waals surface area contributed by atoms with Gasteiger partial charge < -0.3 is 15.2 Å². The number of pyridine rings is 1. The number of hydrogen-bond donors (Lipinski definition) is 2. The Morgan fingerprint density at radius 2 is 1.93 bits per heavy atom. The van der Waals surface area contributed by atoms with E-state index in [0.29, 0.717) is 32.2 Å². The van der Waals surface area contributed by atoms with E-state index in [1.54, 1.807) is 12.3 Å². The van der Waals surface area contributed by atoms with Gasteiger partial charge in [-0.25, -0.2) is 9.97 Å². The van der Waals surface area contributed by atoms with E-state index >= 15 is 0 Å². The lowest BCUT2D eigenvalue weighted by atomic mass is 10.1. The van der Waals surface area contributed by atoms with Crippen LogP contribution in [0.15, 0.2) is 30.9 Å². The molecule has 7 nitrogen and oxygen atoms in total. The summed E-state index contributed by atoms with van der Waals surface area (Å²) in [6, 6.07) is 0.635. The number of alkyl halides is 4. The van der Waals surface area contributed by atoms with Crippen molar-refractivity contribution in [3.63, 3.8) is 0 Å². The average molecular weight is 443 g/mol. The number of amides is 1. The minimum Gasteiger partial charge on any atom is -0.357 e. The summed E-state index contributed by atoms with van der Waals surface area (Å²) < 4.78 is 53.5. The van der Waals surface area contributed by atoms with Gasteiger partial charge in [0.25, 0.3) is 0 Å². The number of carbonyl (C=O) groups is 1. The van der Waals surface area contributed by atoms with E-state index in [1.807, 2.05) is 0 Å². The molecular weight excluding hydrogens is 428 g/mol. The number of anilines is 1. The maximum Gasteiger partial charge on any atom is 0.329 e. The maximum atomic E-state index is 13.4. The number of rotatable bonds is 4. The molecule has 12 heteroatoms. The maximum absolute atomic E-state index is 13.4. The normalized spacial score (nSPS) is 18.5.